The van der Waals surface area contributed by atoms with Gasteiger partial charge in [0.1, 0.15) is 5.65 Å². The predicted molar refractivity (Wildman–Crippen MR) is 104 cm³/mol. The maximum Gasteiger partial charge on any atom is 0.252 e. The van der Waals surface area contributed by atoms with E-state index in [1.807, 2.05) is 83.1 Å². The van der Waals surface area contributed by atoms with E-state index >= 15 is 0 Å². The van der Waals surface area contributed by atoms with Crippen molar-refractivity contribution in [2.75, 3.05) is 0 Å². The van der Waals surface area contributed by atoms with Crippen LogP contribution in [0, 0.1) is 0 Å². The topological polar surface area (TPSA) is 64.2 Å². The van der Waals surface area contributed by atoms with Crippen LogP contribution in [0.5, 0.6) is 0 Å². The maximum absolute atomic E-state index is 12.6. The number of amides is 1. The van der Waals surface area contributed by atoms with Crippen molar-refractivity contribution < 1.29 is 4.79 Å². The van der Waals surface area contributed by atoms with E-state index in [0.717, 1.165) is 29.9 Å². The summed E-state index contributed by atoms with van der Waals surface area (Å²) in [5.74, 6) is -0.0835. The van der Waals surface area contributed by atoms with E-state index < -0.39 is 0 Å². The van der Waals surface area contributed by atoms with E-state index in [-0.39, 0.29) is 11.9 Å². The number of imidazole rings is 1. The maximum atomic E-state index is 12.6. The molecule has 6 nitrogen and oxygen atoms in total. The van der Waals surface area contributed by atoms with Crippen LogP contribution in [0.15, 0.2) is 73.3 Å². The number of nitrogens with one attached hydrogen (secondary N) is 1. The Labute approximate surface area is 157 Å². The van der Waals surface area contributed by atoms with Crippen LogP contribution < -0.4 is 5.32 Å². The Morgan fingerprint density at radius 3 is 2.74 bits per heavy atom. The first-order chi connectivity index (χ1) is 13.2. The zero-order valence-electron chi connectivity index (χ0n) is 15.1. The molecule has 136 valence electrons. The van der Waals surface area contributed by atoms with E-state index in [9.17, 15) is 4.79 Å². The van der Waals surface area contributed by atoms with Crippen LogP contribution >= 0.6 is 0 Å². The van der Waals surface area contributed by atoms with Crippen LogP contribution in [0.25, 0.3) is 16.9 Å². The molecule has 1 N–H and O–H groups in total. The van der Waals surface area contributed by atoms with Gasteiger partial charge in [-0.15, -0.1) is 0 Å². The van der Waals surface area contributed by atoms with Crippen molar-refractivity contribution in [1.82, 2.24) is 24.5 Å². The first kappa shape index (κ1) is 17.0. The highest BCUT2D eigenvalue weighted by molar-refractivity contribution is 5.94. The van der Waals surface area contributed by atoms with Crippen molar-refractivity contribution in [3.05, 3.63) is 78.9 Å². The summed E-state index contributed by atoms with van der Waals surface area (Å²) in [5, 5.41) is 7.23. The quantitative estimate of drug-likeness (QED) is 0.574. The smallest absolute Gasteiger partial charge is 0.252 e. The number of carbonyl (C=O) groups is 1. The molecule has 0 aliphatic carbocycles. The molecule has 1 unspecified atom stereocenters. The summed E-state index contributed by atoms with van der Waals surface area (Å²) in [4.78, 5) is 17.2. The van der Waals surface area contributed by atoms with E-state index in [1.54, 1.807) is 6.20 Å². The summed E-state index contributed by atoms with van der Waals surface area (Å²) in [6.45, 7) is 2.78. The molecule has 0 aliphatic heterocycles. The van der Waals surface area contributed by atoms with Gasteiger partial charge in [-0.2, -0.15) is 5.10 Å². The largest absolute Gasteiger partial charge is 0.349 e. The molecule has 3 heterocycles. The minimum Gasteiger partial charge on any atom is -0.349 e. The van der Waals surface area contributed by atoms with Crippen LogP contribution in [-0.2, 0) is 6.54 Å². The Kier molecular flexibility index (Phi) is 4.70. The van der Waals surface area contributed by atoms with Gasteiger partial charge in [0.2, 0.25) is 0 Å². The number of hydrogen-bond acceptors (Lipinski definition) is 3. The van der Waals surface area contributed by atoms with Gasteiger partial charge in [0.25, 0.3) is 5.91 Å². The first-order valence-corrected chi connectivity index (χ1v) is 9.01. The van der Waals surface area contributed by atoms with Crippen molar-refractivity contribution in [3.63, 3.8) is 0 Å². The second-order valence-corrected chi connectivity index (χ2v) is 6.61. The van der Waals surface area contributed by atoms with Gasteiger partial charge in [-0.05, 0) is 31.5 Å². The molecule has 0 radical (unpaired) electrons. The second kappa shape index (κ2) is 7.45. The number of hydrogen-bond donors (Lipinski definition) is 1. The Balaban J connectivity index is 1.45. The Morgan fingerprint density at radius 1 is 1.11 bits per heavy atom. The van der Waals surface area contributed by atoms with Gasteiger partial charge in [0.05, 0.1) is 11.3 Å². The number of aromatic nitrogens is 4. The molecule has 1 aromatic carbocycles. The summed E-state index contributed by atoms with van der Waals surface area (Å²) < 4.78 is 3.76. The number of pyridine rings is 1. The molecule has 4 aromatic rings. The van der Waals surface area contributed by atoms with Gasteiger partial charge in [-0.3, -0.25) is 9.48 Å². The number of aryl methyl sites for hydroxylation is 1. The monoisotopic (exact) mass is 359 g/mol. The molecule has 0 bridgehead atoms. The van der Waals surface area contributed by atoms with Crippen molar-refractivity contribution in [2.24, 2.45) is 0 Å². The van der Waals surface area contributed by atoms with Crippen LogP contribution in [0.4, 0.5) is 0 Å². The van der Waals surface area contributed by atoms with Crippen molar-refractivity contribution >= 4 is 11.6 Å². The van der Waals surface area contributed by atoms with E-state index in [0.29, 0.717) is 5.56 Å². The fourth-order valence-corrected chi connectivity index (χ4v) is 3.01. The molecule has 6 heteroatoms. The third-order valence-electron chi connectivity index (χ3n) is 4.51. The fourth-order valence-electron chi connectivity index (χ4n) is 3.01. The zero-order chi connectivity index (χ0) is 18.6. The van der Waals surface area contributed by atoms with E-state index in [1.165, 1.54) is 0 Å². The lowest BCUT2D eigenvalue weighted by atomic mass is 10.2. The van der Waals surface area contributed by atoms with Crippen LogP contribution in [0.2, 0.25) is 0 Å². The molecule has 1 atom stereocenters. The first-order valence-electron chi connectivity index (χ1n) is 9.01. The molecule has 1 amide bonds. The minimum absolute atomic E-state index is 0.0556. The predicted octanol–water partition coefficient (Wildman–Crippen LogP) is 3.41. The number of nitrogens with zero attached hydrogens (tertiary/aromatic N) is 4. The summed E-state index contributed by atoms with van der Waals surface area (Å²) >= 11 is 0. The molecule has 27 heavy (non-hydrogen) atoms. The van der Waals surface area contributed by atoms with Crippen LogP contribution in [0.3, 0.4) is 0 Å². The molecule has 4 rings (SSSR count). The van der Waals surface area contributed by atoms with E-state index in [2.05, 4.69) is 15.4 Å². The minimum atomic E-state index is -0.0835. The van der Waals surface area contributed by atoms with Gasteiger partial charge in [-0.1, -0.05) is 30.3 Å². The number of fused-ring (bicyclic) bond motifs is 1. The van der Waals surface area contributed by atoms with Crippen molar-refractivity contribution in [2.45, 2.75) is 25.9 Å². The zero-order valence-corrected chi connectivity index (χ0v) is 15.1. The van der Waals surface area contributed by atoms with E-state index in [4.69, 9.17) is 0 Å². The molecular formula is C21H21N5O. The second-order valence-electron chi connectivity index (χ2n) is 6.61. The van der Waals surface area contributed by atoms with Crippen molar-refractivity contribution in [1.29, 1.82) is 0 Å². The third kappa shape index (κ3) is 3.89. The SMILES string of the molecule is CC(CCn1cccn1)NC(=O)c1ccc2nc(-c3ccccc3)cn2c1. The van der Waals surface area contributed by atoms with Crippen molar-refractivity contribution in [3.8, 4) is 11.3 Å². The summed E-state index contributed by atoms with van der Waals surface area (Å²) in [6, 6.07) is 15.6. The molecular weight excluding hydrogens is 338 g/mol. The third-order valence-corrected chi connectivity index (χ3v) is 4.51. The average molecular weight is 359 g/mol. The molecule has 0 saturated carbocycles. The molecule has 0 aliphatic rings. The van der Waals surface area contributed by atoms with Gasteiger partial charge in [0, 0.05) is 42.9 Å². The Morgan fingerprint density at radius 2 is 1.96 bits per heavy atom. The Hall–Kier alpha value is -3.41. The summed E-state index contributed by atoms with van der Waals surface area (Å²) in [7, 11) is 0. The number of benzene rings is 1. The lowest BCUT2D eigenvalue weighted by Crippen LogP contribution is -2.33. The normalized spacial score (nSPS) is 12.2. The highest BCUT2D eigenvalue weighted by atomic mass is 16.1. The molecule has 0 saturated heterocycles. The van der Waals surface area contributed by atoms with Gasteiger partial charge in [0.15, 0.2) is 0 Å². The van der Waals surface area contributed by atoms with Crippen LogP contribution in [-0.4, -0.2) is 31.1 Å². The van der Waals surface area contributed by atoms with Crippen LogP contribution in [0.1, 0.15) is 23.7 Å². The summed E-state index contributed by atoms with van der Waals surface area (Å²) in [6.07, 6.45) is 8.27. The fraction of sp³-hybridized carbons (Fsp3) is 0.190. The van der Waals surface area contributed by atoms with Gasteiger partial charge >= 0.3 is 0 Å². The molecule has 0 fully saturated rings. The average Bonchev–Trinajstić information content (AvgIpc) is 3.36. The highest BCUT2D eigenvalue weighted by Crippen LogP contribution is 2.19. The number of rotatable bonds is 6. The number of carbonyl (C=O) groups excluding carboxylic acids is 1. The molecule has 3 aromatic heterocycles. The van der Waals surface area contributed by atoms with Gasteiger partial charge in [-0.25, -0.2) is 4.98 Å². The lowest BCUT2D eigenvalue weighted by Gasteiger charge is -2.14. The highest BCUT2D eigenvalue weighted by Gasteiger charge is 2.12. The van der Waals surface area contributed by atoms with Gasteiger partial charge < -0.3 is 9.72 Å². The summed E-state index contributed by atoms with van der Waals surface area (Å²) in [5.41, 5.74) is 3.38. The standard InChI is InChI=1S/C21H21N5O/c1-16(10-13-26-12-5-11-22-26)23-21(27)18-8-9-20-24-19(15-25(20)14-18)17-6-3-2-4-7-17/h2-9,11-12,14-16H,10,13H2,1H3,(H,23,27). The lowest BCUT2D eigenvalue weighted by molar-refractivity contribution is 0.0937. The Bertz CT molecular complexity index is 1040. The molecule has 0 spiro atoms.